The molecule has 0 spiro atoms. The number of aromatic nitrogens is 3. The van der Waals surface area contributed by atoms with E-state index in [2.05, 4.69) is 14.9 Å². The predicted molar refractivity (Wildman–Crippen MR) is 103 cm³/mol. The first-order valence-corrected chi connectivity index (χ1v) is 9.12. The van der Waals surface area contributed by atoms with Gasteiger partial charge in [-0.05, 0) is 24.3 Å². The lowest BCUT2D eigenvalue weighted by Crippen LogP contribution is -2.36. The van der Waals surface area contributed by atoms with E-state index in [0.717, 1.165) is 18.9 Å². The molecule has 1 saturated heterocycles. The van der Waals surface area contributed by atoms with E-state index < -0.39 is 5.97 Å². The third-order valence-corrected chi connectivity index (χ3v) is 4.57. The lowest BCUT2D eigenvalue weighted by atomic mass is 10.2. The van der Waals surface area contributed by atoms with E-state index >= 15 is 0 Å². The number of rotatable bonds is 4. The molecule has 0 atom stereocenters. The smallest absolute Gasteiger partial charge is 0.340 e. The van der Waals surface area contributed by atoms with E-state index in [9.17, 15) is 9.59 Å². The molecule has 9 heteroatoms. The lowest BCUT2D eigenvalue weighted by Gasteiger charge is -2.27. The van der Waals surface area contributed by atoms with Gasteiger partial charge in [-0.25, -0.2) is 14.8 Å². The highest BCUT2D eigenvalue weighted by molar-refractivity contribution is 6.30. The first-order valence-electron chi connectivity index (χ1n) is 8.74. The maximum absolute atomic E-state index is 12.3. The zero-order valence-corrected chi connectivity index (χ0v) is 15.6. The van der Waals surface area contributed by atoms with Gasteiger partial charge in [0.15, 0.2) is 0 Å². The molecule has 144 valence electrons. The molecular weight excluding hydrogens is 384 g/mol. The highest BCUT2D eigenvalue weighted by atomic mass is 35.5. The van der Waals surface area contributed by atoms with Crippen molar-refractivity contribution in [3.05, 3.63) is 69.4 Å². The number of hydrogen-bond donors (Lipinski definition) is 0. The molecular formula is C19H17ClN4O4. The van der Waals surface area contributed by atoms with Crippen LogP contribution in [0.5, 0.6) is 0 Å². The molecule has 1 fully saturated rings. The van der Waals surface area contributed by atoms with Gasteiger partial charge < -0.3 is 14.4 Å². The van der Waals surface area contributed by atoms with Gasteiger partial charge in [-0.3, -0.25) is 9.20 Å². The number of anilines is 1. The highest BCUT2D eigenvalue weighted by Crippen LogP contribution is 2.14. The van der Waals surface area contributed by atoms with Crippen LogP contribution >= 0.6 is 11.6 Å². The Morgan fingerprint density at radius 3 is 2.79 bits per heavy atom. The topological polar surface area (TPSA) is 86.0 Å². The van der Waals surface area contributed by atoms with Crippen molar-refractivity contribution in [1.29, 1.82) is 0 Å². The van der Waals surface area contributed by atoms with Crippen LogP contribution in [0, 0.1) is 0 Å². The van der Waals surface area contributed by atoms with Crippen LogP contribution in [0.15, 0.2) is 47.5 Å². The fourth-order valence-corrected chi connectivity index (χ4v) is 3.07. The minimum absolute atomic E-state index is 0.113. The quantitative estimate of drug-likeness (QED) is 0.618. The summed E-state index contributed by atoms with van der Waals surface area (Å²) in [5.41, 5.74) is 0.828. The van der Waals surface area contributed by atoms with Gasteiger partial charge in [-0.2, -0.15) is 0 Å². The average molecular weight is 401 g/mol. The van der Waals surface area contributed by atoms with Crippen molar-refractivity contribution >= 4 is 29.0 Å². The van der Waals surface area contributed by atoms with Gasteiger partial charge in [0, 0.05) is 31.5 Å². The number of morpholine rings is 1. The summed E-state index contributed by atoms with van der Waals surface area (Å²) in [5, 5.41) is 0.434. The second kappa shape index (κ2) is 7.95. The number of halogens is 1. The van der Waals surface area contributed by atoms with Crippen LogP contribution < -0.4 is 10.5 Å². The monoisotopic (exact) mass is 400 g/mol. The number of esters is 1. The van der Waals surface area contributed by atoms with Gasteiger partial charge in [0.05, 0.1) is 29.5 Å². The second-order valence-electron chi connectivity index (χ2n) is 6.24. The van der Waals surface area contributed by atoms with E-state index in [4.69, 9.17) is 21.1 Å². The fourth-order valence-electron chi connectivity index (χ4n) is 2.91. The number of pyridine rings is 2. The van der Waals surface area contributed by atoms with E-state index in [-0.39, 0.29) is 12.2 Å². The Balaban J connectivity index is 1.43. The van der Waals surface area contributed by atoms with Gasteiger partial charge in [-0.1, -0.05) is 11.6 Å². The Bertz CT molecular complexity index is 1060. The van der Waals surface area contributed by atoms with Gasteiger partial charge in [0.1, 0.15) is 18.1 Å². The van der Waals surface area contributed by atoms with Gasteiger partial charge in [0.25, 0.3) is 5.56 Å². The molecule has 3 aromatic heterocycles. The molecule has 0 N–H and O–H groups in total. The minimum Gasteiger partial charge on any atom is -0.456 e. The summed E-state index contributed by atoms with van der Waals surface area (Å²) in [6, 6.07) is 8.04. The molecule has 4 rings (SSSR count). The van der Waals surface area contributed by atoms with E-state index in [1.807, 2.05) is 0 Å². The Kier molecular flexibility index (Phi) is 5.23. The summed E-state index contributed by atoms with van der Waals surface area (Å²) in [7, 11) is 0. The van der Waals surface area contributed by atoms with Crippen molar-refractivity contribution in [3.8, 4) is 0 Å². The molecule has 0 unspecified atom stereocenters. The summed E-state index contributed by atoms with van der Waals surface area (Å²) < 4.78 is 11.9. The average Bonchev–Trinajstić information content (AvgIpc) is 2.73. The number of fused-ring (bicyclic) bond motifs is 1. The van der Waals surface area contributed by atoms with Gasteiger partial charge >= 0.3 is 5.97 Å². The first-order chi connectivity index (χ1) is 13.6. The summed E-state index contributed by atoms with van der Waals surface area (Å²) in [6.07, 6.45) is 2.97. The predicted octanol–water partition coefficient (Wildman–Crippen LogP) is 1.94. The SMILES string of the molecule is O=C(OCc1cc(=O)n2cc(Cl)ccc2n1)c1ccc(N2CCOCC2)nc1. The van der Waals surface area contributed by atoms with E-state index in [1.165, 1.54) is 22.9 Å². The third kappa shape index (κ3) is 3.97. The number of nitrogens with zero attached hydrogens (tertiary/aromatic N) is 4. The number of carbonyl (C=O) groups is 1. The van der Waals surface area contributed by atoms with Crippen molar-refractivity contribution in [2.75, 3.05) is 31.2 Å². The van der Waals surface area contributed by atoms with Crippen LogP contribution in [0.4, 0.5) is 5.82 Å². The van der Waals surface area contributed by atoms with Crippen LogP contribution in [-0.2, 0) is 16.1 Å². The maximum atomic E-state index is 12.3. The maximum Gasteiger partial charge on any atom is 0.340 e. The number of ether oxygens (including phenoxy) is 2. The fraction of sp³-hybridized carbons (Fsp3) is 0.263. The van der Waals surface area contributed by atoms with Crippen LogP contribution in [0.3, 0.4) is 0 Å². The van der Waals surface area contributed by atoms with Crippen molar-refractivity contribution in [1.82, 2.24) is 14.4 Å². The minimum atomic E-state index is -0.529. The van der Waals surface area contributed by atoms with E-state index in [1.54, 1.807) is 24.3 Å². The van der Waals surface area contributed by atoms with E-state index in [0.29, 0.717) is 35.1 Å². The Labute approximate surface area is 165 Å². The number of hydrogen-bond acceptors (Lipinski definition) is 7. The zero-order valence-electron chi connectivity index (χ0n) is 14.9. The molecule has 3 aromatic rings. The zero-order chi connectivity index (χ0) is 19.5. The van der Waals surface area contributed by atoms with Crippen LogP contribution in [-0.4, -0.2) is 46.6 Å². The molecule has 1 aliphatic rings. The summed E-state index contributed by atoms with van der Waals surface area (Å²) in [5.74, 6) is 0.266. The molecule has 0 bridgehead atoms. The van der Waals surface area contributed by atoms with Crippen LogP contribution in [0.1, 0.15) is 16.1 Å². The van der Waals surface area contributed by atoms with Crippen molar-refractivity contribution in [3.63, 3.8) is 0 Å². The lowest BCUT2D eigenvalue weighted by molar-refractivity contribution is 0.0467. The van der Waals surface area contributed by atoms with Crippen LogP contribution in [0.2, 0.25) is 5.02 Å². The van der Waals surface area contributed by atoms with Gasteiger partial charge in [0.2, 0.25) is 0 Å². The van der Waals surface area contributed by atoms with Gasteiger partial charge in [-0.15, -0.1) is 0 Å². The molecule has 8 nitrogen and oxygen atoms in total. The number of carbonyl (C=O) groups excluding carboxylic acids is 1. The molecule has 1 aliphatic heterocycles. The largest absolute Gasteiger partial charge is 0.456 e. The third-order valence-electron chi connectivity index (χ3n) is 4.35. The van der Waals surface area contributed by atoms with Crippen molar-refractivity contribution in [2.45, 2.75) is 6.61 Å². The molecule has 0 aromatic carbocycles. The summed E-state index contributed by atoms with van der Waals surface area (Å²) in [6.45, 7) is 2.75. The second-order valence-corrected chi connectivity index (χ2v) is 6.68. The Morgan fingerprint density at radius 2 is 2.04 bits per heavy atom. The Morgan fingerprint density at radius 1 is 1.21 bits per heavy atom. The Hall–Kier alpha value is -2.97. The standard InChI is InChI=1S/C19H17ClN4O4/c20-14-2-4-17-22-15(9-18(25)24(17)11-14)12-28-19(26)13-1-3-16(21-10-13)23-5-7-27-8-6-23/h1-4,9-11H,5-8,12H2. The highest BCUT2D eigenvalue weighted by Gasteiger charge is 2.14. The molecule has 4 heterocycles. The summed E-state index contributed by atoms with van der Waals surface area (Å²) in [4.78, 5) is 35.2. The van der Waals surface area contributed by atoms with Crippen molar-refractivity contribution < 1.29 is 14.3 Å². The molecule has 0 saturated carbocycles. The first kappa shape index (κ1) is 18.4. The molecule has 28 heavy (non-hydrogen) atoms. The molecule has 0 aliphatic carbocycles. The normalized spacial score (nSPS) is 14.2. The van der Waals surface area contributed by atoms with Crippen molar-refractivity contribution in [2.24, 2.45) is 0 Å². The summed E-state index contributed by atoms with van der Waals surface area (Å²) >= 11 is 5.89. The molecule has 0 radical (unpaired) electrons. The molecule has 0 amide bonds. The van der Waals surface area contributed by atoms with Crippen LogP contribution in [0.25, 0.3) is 5.65 Å².